The third-order valence-corrected chi connectivity index (χ3v) is 2.13. The molecule has 0 saturated carbocycles. The Morgan fingerprint density at radius 2 is 2.07 bits per heavy atom. The van der Waals surface area contributed by atoms with E-state index in [1.54, 1.807) is 18.2 Å². The molecule has 1 unspecified atom stereocenters. The second kappa shape index (κ2) is 4.77. The summed E-state index contributed by atoms with van der Waals surface area (Å²) in [7, 11) is 0. The number of benzene rings is 1. The molecule has 0 aliphatic heterocycles. The highest BCUT2D eigenvalue weighted by Gasteiger charge is 2.11. The standard InChI is InChI=1S/C11H14O3/c1-8(7-12)6-9-4-2-3-5-10(9)11(13)14/h2-5,8,12H,6-7H2,1H3,(H,13,14). The minimum atomic E-state index is -0.911. The van der Waals surface area contributed by atoms with Crippen molar-refractivity contribution < 1.29 is 15.0 Å². The van der Waals surface area contributed by atoms with Crippen molar-refractivity contribution >= 4 is 5.97 Å². The highest BCUT2D eigenvalue weighted by atomic mass is 16.4. The Morgan fingerprint density at radius 1 is 1.43 bits per heavy atom. The van der Waals surface area contributed by atoms with Gasteiger partial charge in [0.1, 0.15) is 0 Å². The predicted molar refractivity (Wildman–Crippen MR) is 53.4 cm³/mol. The number of hydrogen-bond acceptors (Lipinski definition) is 2. The van der Waals surface area contributed by atoms with Gasteiger partial charge in [-0.3, -0.25) is 0 Å². The van der Waals surface area contributed by atoms with Crippen LogP contribution in [0.5, 0.6) is 0 Å². The Hall–Kier alpha value is -1.35. The van der Waals surface area contributed by atoms with E-state index >= 15 is 0 Å². The molecular weight excluding hydrogens is 180 g/mol. The largest absolute Gasteiger partial charge is 0.478 e. The quantitative estimate of drug-likeness (QED) is 0.764. The number of aliphatic hydroxyl groups excluding tert-OH is 1. The van der Waals surface area contributed by atoms with Crippen molar-refractivity contribution in [1.29, 1.82) is 0 Å². The summed E-state index contributed by atoms with van der Waals surface area (Å²) in [6, 6.07) is 6.89. The second-order valence-corrected chi connectivity index (χ2v) is 3.45. The summed E-state index contributed by atoms with van der Waals surface area (Å²) >= 11 is 0. The lowest BCUT2D eigenvalue weighted by atomic mass is 9.97. The summed E-state index contributed by atoms with van der Waals surface area (Å²) in [6.07, 6.45) is 0.596. The van der Waals surface area contributed by atoms with Crippen molar-refractivity contribution in [2.75, 3.05) is 6.61 Å². The Bertz CT molecular complexity index is 320. The number of carbonyl (C=O) groups is 1. The molecule has 76 valence electrons. The summed E-state index contributed by atoms with van der Waals surface area (Å²) in [5.41, 5.74) is 1.11. The van der Waals surface area contributed by atoms with Crippen molar-refractivity contribution in [1.82, 2.24) is 0 Å². The minimum absolute atomic E-state index is 0.0773. The van der Waals surface area contributed by atoms with E-state index in [2.05, 4.69) is 0 Å². The summed E-state index contributed by atoms with van der Waals surface area (Å²) in [5, 5.41) is 17.8. The number of hydrogen-bond donors (Lipinski definition) is 2. The first-order valence-corrected chi connectivity index (χ1v) is 4.57. The zero-order valence-corrected chi connectivity index (χ0v) is 8.10. The first kappa shape index (κ1) is 10.7. The lowest BCUT2D eigenvalue weighted by Crippen LogP contribution is -2.09. The van der Waals surface area contributed by atoms with Crippen LogP contribution in [0.4, 0.5) is 0 Å². The lowest BCUT2D eigenvalue weighted by Gasteiger charge is -2.09. The Labute approximate surface area is 83.0 Å². The number of aliphatic hydroxyl groups is 1. The molecule has 0 aliphatic rings. The van der Waals surface area contributed by atoms with E-state index in [1.165, 1.54) is 0 Å². The van der Waals surface area contributed by atoms with E-state index in [1.807, 2.05) is 13.0 Å². The van der Waals surface area contributed by atoms with Gasteiger partial charge in [0, 0.05) is 6.61 Å². The van der Waals surface area contributed by atoms with Crippen molar-refractivity contribution in [3.8, 4) is 0 Å². The van der Waals surface area contributed by atoms with Crippen LogP contribution >= 0.6 is 0 Å². The smallest absolute Gasteiger partial charge is 0.335 e. The van der Waals surface area contributed by atoms with Crippen LogP contribution in [0.15, 0.2) is 24.3 Å². The van der Waals surface area contributed by atoms with E-state index < -0.39 is 5.97 Å². The molecule has 0 bridgehead atoms. The predicted octanol–water partition coefficient (Wildman–Crippen LogP) is 1.56. The number of carboxylic acids is 1. The highest BCUT2D eigenvalue weighted by Crippen LogP contribution is 2.13. The van der Waals surface area contributed by atoms with Crippen molar-refractivity contribution in [2.45, 2.75) is 13.3 Å². The highest BCUT2D eigenvalue weighted by molar-refractivity contribution is 5.89. The van der Waals surface area contributed by atoms with E-state index in [-0.39, 0.29) is 12.5 Å². The Kier molecular flexibility index (Phi) is 3.65. The molecule has 1 rings (SSSR count). The molecule has 0 fully saturated rings. The van der Waals surface area contributed by atoms with Gasteiger partial charge >= 0.3 is 5.97 Å². The van der Waals surface area contributed by atoms with Gasteiger partial charge < -0.3 is 10.2 Å². The van der Waals surface area contributed by atoms with Gasteiger partial charge in [0.2, 0.25) is 0 Å². The lowest BCUT2D eigenvalue weighted by molar-refractivity contribution is 0.0695. The van der Waals surface area contributed by atoms with Crippen LogP contribution < -0.4 is 0 Å². The van der Waals surface area contributed by atoms with Gasteiger partial charge in [-0.2, -0.15) is 0 Å². The molecule has 3 nitrogen and oxygen atoms in total. The van der Waals surface area contributed by atoms with Gasteiger partial charge in [-0.15, -0.1) is 0 Å². The Morgan fingerprint density at radius 3 is 2.64 bits per heavy atom. The molecule has 0 aliphatic carbocycles. The van der Waals surface area contributed by atoms with E-state index in [0.29, 0.717) is 12.0 Å². The molecule has 0 saturated heterocycles. The minimum Gasteiger partial charge on any atom is -0.478 e. The van der Waals surface area contributed by atoms with Crippen LogP contribution in [0.3, 0.4) is 0 Å². The third kappa shape index (κ3) is 2.57. The van der Waals surface area contributed by atoms with E-state index in [4.69, 9.17) is 10.2 Å². The first-order valence-electron chi connectivity index (χ1n) is 4.57. The van der Waals surface area contributed by atoms with Gasteiger partial charge in [0.25, 0.3) is 0 Å². The molecule has 0 aromatic heterocycles. The molecule has 0 spiro atoms. The zero-order chi connectivity index (χ0) is 10.6. The van der Waals surface area contributed by atoms with Gasteiger partial charge in [-0.1, -0.05) is 25.1 Å². The fourth-order valence-corrected chi connectivity index (χ4v) is 1.35. The van der Waals surface area contributed by atoms with Crippen LogP contribution in [0, 0.1) is 5.92 Å². The number of carboxylic acid groups (broad SMARTS) is 1. The maximum absolute atomic E-state index is 10.8. The fourth-order valence-electron chi connectivity index (χ4n) is 1.35. The molecule has 1 atom stereocenters. The maximum Gasteiger partial charge on any atom is 0.335 e. The molecule has 2 N–H and O–H groups in total. The van der Waals surface area contributed by atoms with Crippen LogP contribution in [-0.2, 0) is 6.42 Å². The zero-order valence-electron chi connectivity index (χ0n) is 8.10. The van der Waals surface area contributed by atoms with Gasteiger partial charge in [0.05, 0.1) is 5.56 Å². The van der Waals surface area contributed by atoms with Crippen LogP contribution in [0.2, 0.25) is 0 Å². The van der Waals surface area contributed by atoms with Crippen LogP contribution in [0.1, 0.15) is 22.8 Å². The normalized spacial score (nSPS) is 12.4. The van der Waals surface area contributed by atoms with Crippen molar-refractivity contribution in [3.05, 3.63) is 35.4 Å². The van der Waals surface area contributed by atoms with Gasteiger partial charge in [0.15, 0.2) is 0 Å². The monoisotopic (exact) mass is 194 g/mol. The van der Waals surface area contributed by atoms with Gasteiger partial charge in [-0.05, 0) is 24.0 Å². The molecular formula is C11H14O3. The summed E-state index contributed by atoms with van der Waals surface area (Å²) < 4.78 is 0. The van der Waals surface area contributed by atoms with Crippen LogP contribution in [-0.4, -0.2) is 22.8 Å². The van der Waals surface area contributed by atoms with Gasteiger partial charge in [-0.25, -0.2) is 4.79 Å². The summed E-state index contributed by atoms with van der Waals surface area (Å²) in [5.74, 6) is -0.818. The average molecular weight is 194 g/mol. The third-order valence-electron chi connectivity index (χ3n) is 2.13. The fraction of sp³-hybridized carbons (Fsp3) is 0.364. The summed E-state index contributed by atoms with van der Waals surface area (Å²) in [4.78, 5) is 10.8. The maximum atomic E-state index is 10.8. The number of rotatable bonds is 4. The van der Waals surface area contributed by atoms with Crippen molar-refractivity contribution in [3.63, 3.8) is 0 Å². The average Bonchev–Trinajstić information content (AvgIpc) is 2.18. The number of aromatic carboxylic acids is 1. The van der Waals surface area contributed by atoms with E-state index in [0.717, 1.165) is 5.56 Å². The first-order chi connectivity index (χ1) is 6.65. The topological polar surface area (TPSA) is 57.5 Å². The molecule has 1 aromatic carbocycles. The molecule has 0 heterocycles. The molecule has 3 heteroatoms. The summed E-state index contributed by atoms with van der Waals surface area (Å²) in [6.45, 7) is 1.96. The Balaban J connectivity index is 2.90. The van der Waals surface area contributed by atoms with Crippen molar-refractivity contribution in [2.24, 2.45) is 5.92 Å². The molecule has 1 aromatic rings. The molecule has 0 radical (unpaired) electrons. The van der Waals surface area contributed by atoms with E-state index in [9.17, 15) is 4.79 Å². The second-order valence-electron chi connectivity index (χ2n) is 3.45. The molecule has 14 heavy (non-hydrogen) atoms. The SMILES string of the molecule is CC(CO)Cc1ccccc1C(=O)O. The van der Waals surface area contributed by atoms with Crippen LogP contribution in [0.25, 0.3) is 0 Å². The molecule has 0 amide bonds.